The highest BCUT2D eigenvalue weighted by atomic mass is 32.1. The van der Waals surface area contributed by atoms with Gasteiger partial charge in [-0.3, -0.25) is 10.1 Å². The normalized spacial score (nSPS) is 11.1. The number of rotatable bonds is 6. The SMILES string of the molecule is COc1cc2c(NCc3sc(C)nc3C)c([N+](=O)[O-])cnc2cc1-c1c(C)noc1C. The molecular formula is C21H21N5O4S. The number of aryl methyl sites for hydroxylation is 4. The molecule has 0 aliphatic heterocycles. The van der Waals surface area contributed by atoms with Crippen LogP contribution in [0, 0.1) is 37.8 Å². The summed E-state index contributed by atoms with van der Waals surface area (Å²) in [4.78, 5) is 21.1. The van der Waals surface area contributed by atoms with Crippen LogP contribution in [0.3, 0.4) is 0 Å². The topological polar surface area (TPSA) is 116 Å². The largest absolute Gasteiger partial charge is 0.496 e. The minimum absolute atomic E-state index is 0.0986. The average Bonchev–Trinajstić information content (AvgIpc) is 3.24. The molecule has 0 saturated heterocycles. The molecule has 0 bridgehead atoms. The van der Waals surface area contributed by atoms with Crippen LogP contribution in [0.1, 0.15) is 27.0 Å². The maximum absolute atomic E-state index is 11.7. The van der Waals surface area contributed by atoms with E-state index in [0.29, 0.717) is 34.6 Å². The molecule has 10 heteroatoms. The first-order valence-corrected chi connectivity index (χ1v) is 10.4. The van der Waals surface area contributed by atoms with E-state index in [-0.39, 0.29) is 5.69 Å². The second-order valence-electron chi connectivity index (χ2n) is 7.14. The summed E-state index contributed by atoms with van der Waals surface area (Å²) in [6.45, 7) is 7.97. The number of anilines is 1. The van der Waals surface area contributed by atoms with Crippen LogP contribution in [-0.4, -0.2) is 27.2 Å². The van der Waals surface area contributed by atoms with Crippen molar-refractivity contribution in [2.24, 2.45) is 0 Å². The summed E-state index contributed by atoms with van der Waals surface area (Å²) in [6.07, 6.45) is 1.28. The van der Waals surface area contributed by atoms with Crippen molar-refractivity contribution < 1.29 is 14.2 Å². The third-order valence-corrected chi connectivity index (χ3v) is 6.17. The Morgan fingerprint density at radius 3 is 2.58 bits per heavy atom. The van der Waals surface area contributed by atoms with E-state index in [4.69, 9.17) is 9.26 Å². The summed E-state index contributed by atoms with van der Waals surface area (Å²) < 4.78 is 10.9. The fraction of sp³-hybridized carbons (Fsp3) is 0.286. The molecule has 0 unspecified atom stereocenters. The number of pyridine rings is 1. The number of ether oxygens (including phenoxy) is 1. The van der Waals surface area contributed by atoms with E-state index in [2.05, 4.69) is 20.4 Å². The van der Waals surface area contributed by atoms with Gasteiger partial charge >= 0.3 is 5.69 Å². The number of aromatic nitrogens is 3. The van der Waals surface area contributed by atoms with Gasteiger partial charge in [0.1, 0.15) is 23.4 Å². The van der Waals surface area contributed by atoms with Crippen LogP contribution in [-0.2, 0) is 6.54 Å². The second kappa shape index (κ2) is 7.95. The Kier molecular flexibility index (Phi) is 5.32. The molecule has 3 heterocycles. The van der Waals surface area contributed by atoms with Gasteiger partial charge in [-0.15, -0.1) is 11.3 Å². The first-order chi connectivity index (χ1) is 14.8. The first kappa shape index (κ1) is 20.7. The van der Waals surface area contributed by atoms with E-state index in [1.165, 1.54) is 6.20 Å². The molecule has 0 fully saturated rings. The van der Waals surface area contributed by atoms with Crippen LogP contribution in [0.2, 0.25) is 0 Å². The van der Waals surface area contributed by atoms with Crippen molar-refractivity contribution in [3.63, 3.8) is 0 Å². The fourth-order valence-corrected chi connectivity index (χ4v) is 4.55. The Balaban J connectivity index is 1.88. The van der Waals surface area contributed by atoms with E-state index >= 15 is 0 Å². The molecule has 0 spiro atoms. The zero-order valence-corrected chi connectivity index (χ0v) is 18.6. The number of hydrogen-bond donors (Lipinski definition) is 1. The molecule has 9 nitrogen and oxygen atoms in total. The van der Waals surface area contributed by atoms with Gasteiger partial charge in [-0.25, -0.2) is 9.97 Å². The molecule has 0 radical (unpaired) electrons. The third kappa shape index (κ3) is 3.70. The summed E-state index contributed by atoms with van der Waals surface area (Å²) in [5.74, 6) is 1.21. The van der Waals surface area contributed by atoms with Gasteiger partial charge in [-0.05, 0) is 39.8 Å². The Morgan fingerprint density at radius 2 is 2.00 bits per heavy atom. The molecular weight excluding hydrogens is 418 g/mol. The van der Waals surface area contributed by atoms with Crippen molar-refractivity contribution in [2.75, 3.05) is 12.4 Å². The van der Waals surface area contributed by atoms with Crippen LogP contribution in [0.4, 0.5) is 11.4 Å². The van der Waals surface area contributed by atoms with E-state index < -0.39 is 4.92 Å². The molecule has 1 aromatic carbocycles. The summed E-state index contributed by atoms with van der Waals surface area (Å²) in [7, 11) is 1.56. The van der Waals surface area contributed by atoms with Crippen LogP contribution < -0.4 is 10.1 Å². The lowest BCUT2D eigenvalue weighted by molar-refractivity contribution is -0.384. The molecule has 160 valence electrons. The molecule has 3 aromatic heterocycles. The minimum atomic E-state index is -0.436. The monoisotopic (exact) mass is 439 g/mol. The van der Waals surface area contributed by atoms with Crippen molar-refractivity contribution in [2.45, 2.75) is 34.2 Å². The summed E-state index contributed by atoms with van der Waals surface area (Å²) in [6, 6.07) is 3.61. The number of thiazole rings is 1. The van der Waals surface area contributed by atoms with Crippen LogP contribution >= 0.6 is 11.3 Å². The Bertz CT molecular complexity index is 1290. The molecule has 31 heavy (non-hydrogen) atoms. The maximum Gasteiger partial charge on any atom is 0.311 e. The van der Waals surface area contributed by atoms with Crippen LogP contribution in [0.15, 0.2) is 22.9 Å². The number of nitrogens with one attached hydrogen (secondary N) is 1. The quantitative estimate of drug-likeness (QED) is 0.325. The fourth-order valence-electron chi connectivity index (χ4n) is 3.67. The van der Waals surface area contributed by atoms with E-state index in [9.17, 15) is 10.1 Å². The van der Waals surface area contributed by atoms with Gasteiger partial charge in [0, 0.05) is 15.8 Å². The standard InChI is InChI=1S/C21H21N5O4S/c1-10-19(31-13(4)24-10)9-23-21-14-7-18(29-5)15(20-11(2)25-30-12(20)3)6-16(14)22-8-17(21)26(27)28/h6-8H,9H2,1-5H3,(H,22,23). The van der Waals surface area contributed by atoms with Gasteiger partial charge in [-0.2, -0.15) is 0 Å². The number of hydrogen-bond acceptors (Lipinski definition) is 9. The predicted octanol–water partition coefficient (Wildman–Crippen LogP) is 5.11. The lowest BCUT2D eigenvalue weighted by Gasteiger charge is -2.14. The Hall–Kier alpha value is -3.53. The van der Waals surface area contributed by atoms with Gasteiger partial charge in [0.15, 0.2) is 0 Å². The van der Waals surface area contributed by atoms with Gasteiger partial charge in [0.25, 0.3) is 0 Å². The zero-order valence-electron chi connectivity index (χ0n) is 17.8. The molecule has 4 aromatic rings. The van der Waals surface area contributed by atoms with E-state index in [1.807, 2.05) is 33.8 Å². The van der Waals surface area contributed by atoms with Gasteiger partial charge in [0.05, 0.1) is 46.1 Å². The van der Waals surface area contributed by atoms with Crippen molar-refractivity contribution in [1.82, 2.24) is 15.1 Å². The highest BCUT2D eigenvalue weighted by molar-refractivity contribution is 7.11. The van der Waals surface area contributed by atoms with Gasteiger partial charge < -0.3 is 14.6 Å². The minimum Gasteiger partial charge on any atom is -0.496 e. The molecule has 1 N–H and O–H groups in total. The summed E-state index contributed by atoms with van der Waals surface area (Å²) >= 11 is 1.56. The number of methoxy groups -OCH3 is 1. The number of fused-ring (bicyclic) bond motifs is 1. The number of nitrogens with zero attached hydrogens (tertiary/aromatic N) is 4. The third-order valence-electron chi connectivity index (χ3n) is 5.09. The average molecular weight is 439 g/mol. The molecule has 0 saturated carbocycles. The number of benzene rings is 1. The molecule has 4 rings (SSSR count). The predicted molar refractivity (Wildman–Crippen MR) is 119 cm³/mol. The van der Waals surface area contributed by atoms with Crippen LogP contribution in [0.5, 0.6) is 5.75 Å². The smallest absolute Gasteiger partial charge is 0.311 e. The maximum atomic E-state index is 11.7. The van der Waals surface area contributed by atoms with Gasteiger partial charge in [-0.1, -0.05) is 5.16 Å². The highest BCUT2D eigenvalue weighted by Gasteiger charge is 2.23. The van der Waals surface area contributed by atoms with E-state index in [1.54, 1.807) is 24.5 Å². The van der Waals surface area contributed by atoms with Crippen molar-refractivity contribution in [3.05, 3.63) is 55.5 Å². The van der Waals surface area contributed by atoms with Crippen molar-refractivity contribution >= 4 is 33.6 Å². The van der Waals surface area contributed by atoms with Gasteiger partial charge in [0.2, 0.25) is 0 Å². The molecule has 0 aliphatic rings. The van der Waals surface area contributed by atoms with E-state index in [0.717, 1.165) is 32.4 Å². The Labute approximate surface area is 182 Å². The molecule has 0 amide bonds. The zero-order chi connectivity index (χ0) is 22.3. The summed E-state index contributed by atoms with van der Waals surface area (Å²) in [5, 5.41) is 20.5. The van der Waals surface area contributed by atoms with Crippen LogP contribution in [0.25, 0.3) is 22.0 Å². The second-order valence-corrected chi connectivity index (χ2v) is 8.43. The number of nitro groups is 1. The highest BCUT2D eigenvalue weighted by Crippen LogP contribution is 2.41. The lowest BCUT2D eigenvalue weighted by Crippen LogP contribution is -2.04. The first-order valence-electron chi connectivity index (χ1n) is 9.55. The molecule has 0 aliphatic carbocycles. The van der Waals surface area contributed by atoms with Crippen molar-refractivity contribution in [1.29, 1.82) is 0 Å². The lowest BCUT2D eigenvalue weighted by atomic mass is 10.00. The van der Waals surface area contributed by atoms with Crippen molar-refractivity contribution in [3.8, 4) is 16.9 Å². The Morgan fingerprint density at radius 1 is 1.23 bits per heavy atom. The molecule has 0 atom stereocenters. The summed E-state index contributed by atoms with van der Waals surface area (Å²) in [5.41, 5.74) is 4.13.